The number of amides is 1. The molecule has 0 aromatic carbocycles. The molecule has 1 aliphatic rings. The molecular weight excluding hydrogens is 266 g/mol. The minimum absolute atomic E-state index is 0.0363. The molecule has 1 atom stereocenters. The van der Waals surface area contributed by atoms with Gasteiger partial charge >= 0.3 is 0 Å². The number of nitrogens with one attached hydrogen (secondary N) is 2. The third-order valence-electron chi connectivity index (χ3n) is 3.39. The van der Waals surface area contributed by atoms with Crippen LogP contribution >= 0.6 is 11.6 Å². The summed E-state index contributed by atoms with van der Waals surface area (Å²) in [6.45, 7) is 0.723. The van der Waals surface area contributed by atoms with Crippen molar-refractivity contribution in [2.45, 2.75) is 25.3 Å². The highest BCUT2D eigenvalue weighted by molar-refractivity contribution is 6.30. The minimum atomic E-state index is -0.0481. The van der Waals surface area contributed by atoms with E-state index >= 15 is 0 Å². The zero-order chi connectivity index (χ0) is 13.2. The Hall–Kier alpha value is -1.82. The van der Waals surface area contributed by atoms with Gasteiger partial charge in [-0.25, -0.2) is 4.98 Å². The first kappa shape index (κ1) is 12.2. The molecule has 6 nitrogen and oxygen atoms in total. The van der Waals surface area contributed by atoms with E-state index in [1.165, 1.54) is 6.33 Å². The number of rotatable bonds is 2. The number of piperidine rings is 1. The molecule has 100 valence electrons. The molecule has 0 radical (unpaired) electrons. The van der Waals surface area contributed by atoms with Crippen LogP contribution in [0.15, 0.2) is 18.6 Å². The van der Waals surface area contributed by atoms with Gasteiger partial charge in [0.2, 0.25) is 0 Å². The normalized spacial score (nSPS) is 19.6. The monoisotopic (exact) mass is 279 g/mol. The molecule has 1 saturated heterocycles. The van der Waals surface area contributed by atoms with Gasteiger partial charge in [-0.2, -0.15) is 5.10 Å². The second-order valence-corrected chi connectivity index (χ2v) is 5.05. The molecule has 0 bridgehead atoms. The van der Waals surface area contributed by atoms with Crippen LogP contribution in [0.25, 0.3) is 0 Å². The van der Waals surface area contributed by atoms with E-state index in [4.69, 9.17) is 11.6 Å². The maximum absolute atomic E-state index is 12.5. The lowest BCUT2D eigenvalue weighted by molar-refractivity contribution is 0.0595. The Morgan fingerprint density at radius 1 is 1.47 bits per heavy atom. The summed E-state index contributed by atoms with van der Waals surface area (Å²) in [5.74, 6) is 0.693. The SMILES string of the molecule is O=C(c1cc(Cl)c[nH]1)N1CCCCC1c1ncn[nH]1. The van der Waals surface area contributed by atoms with E-state index in [0.29, 0.717) is 10.7 Å². The number of halogens is 1. The lowest BCUT2D eigenvalue weighted by Gasteiger charge is -2.34. The van der Waals surface area contributed by atoms with Gasteiger partial charge in [-0.15, -0.1) is 0 Å². The van der Waals surface area contributed by atoms with Crippen molar-refractivity contribution in [3.63, 3.8) is 0 Å². The fourth-order valence-corrected chi connectivity index (χ4v) is 2.64. The average molecular weight is 280 g/mol. The van der Waals surface area contributed by atoms with Gasteiger partial charge in [0.05, 0.1) is 11.1 Å². The van der Waals surface area contributed by atoms with E-state index in [-0.39, 0.29) is 11.9 Å². The zero-order valence-corrected chi connectivity index (χ0v) is 11.0. The fourth-order valence-electron chi connectivity index (χ4n) is 2.48. The topological polar surface area (TPSA) is 77.7 Å². The number of aromatic amines is 2. The third kappa shape index (κ3) is 2.35. The van der Waals surface area contributed by atoms with Crippen molar-refractivity contribution in [3.05, 3.63) is 35.1 Å². The van der Waals surface area contributed by atoms with Crippen molar-refractivity contribution in [2.24, 2.45) is 0 Å². The van der Waals surface area contributed by atoms with Crippen molar-refractivity contribution in [2.75, 3.05) is 6.54 Å². The molecule has 1 aliphatic heterocycles. The van der Waals surface area contributed by atoms with Crippen LogP contribution in [0, 0.1) is 0 Å². The Morgan fingerprint density at radius 3 is 3.05 bits per heavy atom. The van der Waals surface area contributed by atoms with E-state index in [2.05, 4.69) is 20.2 Å². The summed E-state index contributed by atoms with van der Waals surface area (Å²) in [7, 11) is 0. The summed E-state index contributed by atoms with van der Waals surface area (Å²) in [5, 5.41) is 7.26. The number of nitrogens with zero attached hydrogens (tertiary/aromatic N) is 3. The van der Waals surface area contributed by atoms with Crippen molar-refractivity contribution < 1.29 is 4.79 Å². The molecule has 3 rings (SSSR count). The summed E-state index contributed by atoms with van der Waals surface area (Å²) < 4.78 is 0. The Morgan fingerprint density at radius 2 is 2.37 bits per heavy atom. The number of likely N-dealkylation sites (tertiary alicyclic amines) is 1. The zero-order valence-electron chi connectivity index (χ0n) is 10.3. The van der Waals surface area contributed by atoms with Gasteiger partial charge in [0.25, 0.3) is 5.91 Å². The van der Waals surface area contributed by atoms with Gasteiger partial charge in [-0.3, -0.25) is 9.89 Å². The highest BCUT2D eigenvalue weighted by atomic mass is 35.5. The summed E-state index contributed by atoms with van der Waals surface area (Å²) >= 11 is 5.85. The van der Waals surface area contributed by atoms with Crippen LogP contribution in [0.4, 0.5) is 0 Å². The van der Waals surface area contributed by atoms with E-state index in [1.807, 2.05) is 4.90 Å². The van der Waals surface area contributed by atoms with Crippen LogP contribution in [0.2, 0.25) is 5.02 Å². The van der Waals surface area contributed by atoms with Crippen LogP contribution in [0.1, 0.15) is 41.6 Å². The molecule has 7 heteroatoms. The largest absolute Gasteiger partial charge is 0.356 e. The van der Waals surface area contributed by atoms with Crippen LogP contribution in [0.3, 0.4) is 0 Å². The Balaban J connectivity index is 1.86. The second-order valence-electron chi connectivity index (χ2n) is 4.61. The summed E-state index contributed by atoms with van der Waals surface area (Å²) in [6.07, 6.45) is 6.07. The smallest absolute Gasteiger partial charge is 0.270 e. The molecule has 2 aromatic heterocycles. The predicted octanol–water partition coefficient (Wildman–Crippen LogP) is 2.15. The summed E-state index contributed by atoms with van der Waals surface area (Å²) in [4.78, 5) is 21.4. The Bertz CT molecular complexity index is 564. The molecule has 2 N–H and O–H groups in total. The lowest BCUT2D eigenvalue weighted by Crippen LogP contribution is -2.39. The molecule has 3 heterocycles. The van der Waals surface area contributed by atoms with Crippen LogP contribution in [0.5, 0.6) is 0 Å². The van der Waals surface area contributed by atoms with Crippen molar-refractivity contribution in [3.8, 4) is 0 Å². The highest BCUT2D eigenvalue weighted by Crippen LogP contribution is 2.30. The molecule has 0 aliphatic carbocycles. The van der Waals surface area contributed by atoms with Crippen molar-refractivity contribution >= 4 is 17.5 Å². The molecule has 0 saturated carbocycles. The molecule has 19 heavy (non-hydrogen) atoms. The number of aromatic nitrogens is 4. The lowest BCUT2D eigenvalue weighted by atomic mass is 10.0. The molecule has 2 aromatic rings. The summed E-state index contributed by atoms with van der Waals surface area (Å²) in [5.41, 5.74) is 0.511. The number of carbonyl (C=O) groups excluding carboxylic acids is 1. The Labute approximate surface area is 115 Å². The molecular formula is C12H14ClN5O. The van der Waals surface area contributed by atoms with Gasteiger partial charge in [0.15, 0.2) is 0 Å². The number of carbonyl (C=O) groups is 1. The summed E-state index contributed by atoms with van der Waals surface area (Å²) in [6, 6.07) is 1.61. The van der Waals surface area contributed by atoms with Crippen molar-refractivity contribution in [1.82, 2.24) is 25.1 Å². The third-order valence-corrected chi connectivity index (χ3v) is 3.61. The maximum Gasteiger partial charge on any atom is 0.270 e. The van der Waals surface area contributed by atoms with Crippen LogP contribution in [-0.2, 0) is 0 Å². The number of hydrogen-bond acceptors (Lipinski definition) is 3. The number of H-pyrrole nitrogens is 2. The van der Waals surface area contributed by atoms with E-state index in [9.17, 15) is 4.79 Å². The fraction of sp³-hybridized carbons (Fsp3) is 0.417. The predicted molar refractivity (Wildman–Crippen MR) is 69.8 cm³/mol. The van der Waals surface area contributed by atoms with Gasteiger partial charge in [0.1, 0.15) is 17.8 Å². The van der Waals surface area contributed by atoms with Gasteiger partial charge in [0, 0.05) is 12.7 Å². The second kappa shape index (κ2) is 5.05. The molecule has 0 spiro atoms. The maximum atomic E-state index is 12.5. The molecule has 1 unspecified atom stereocenters. The van der Waals surface area contributed by atoms with Crippen LogP contribution < -0.4 is 0 Å². The van der Waals surface area contributed by atoms with E-state index in [1.54, 1.807) is 12.3 Å². The number of hydrogen-bond donors (Lipinski definition) is 2. The first-order valence-corrected chi connectivity index (χ1v) is 6.63. The molecule has 1 fully saturated rings. The van der Waals surface area contributed by atoms with Crippen LogP contribution in [-0.4, -0.2) is 37.5 Å². The van der Waals surface area contributed by atoms with Gasteiger partial charge < -0.3 is 9.88 Å². The van der Waals surface area contributed by atoms with E-state index in [0.717, 1.165) is 31.6 Å². The molecule has 1 amide bonds. The first-order valence-electron chi connectivity index (χ1n) is 6.26. The van der Waals surface area contributed by atoms with Gasteiger partial charge in [-0.1, -0.05) is 11.6 Å². The van der Waals surface area contributed by atoms with Crippen molar-refractivity contribution in [1.29, 1.82) is 0 Å². The van der Waals surface area contributed by atoms with E-state index < -0.39 is 0 Å². The Kier molecular flexibility index (Phi) is 3.25. The van der Waals surface area contributed by atoms with Gasteiger partial charge in [-0.05, 0) is 25.3 Å². The average Bonchev–Trinajstić information content (AvgIpc) is 3.09. The first-order chi connectivity index (χ1) is 9.25. The standard InChI is InChI=1S/C12H14ClN5O/c13-8-5-9(14-6-8)12(19)18-4-2-1-3-10(18)11-15-7-16-17-11/h5-7,10,14H,1-4H2,(H,15,16,17). The highest BCUT2D eigenvalue weighted by Gasteiger charge is 2.31. The quantitative estimate of drug-likeness (QED) is 0.884. The minimum Gasteiger partial charge on any atom is -0.356 e.